The van der Waals surface area contributed by atoms with Gasteiger partial charge in [-0.05, 0) is 24.1 Å². The average Bonchev–Trinajstić information content (AvgIpc) is 2.61. The summed E-state index contributed by atoms with van der Waals surface area (Å²) in [5.41, 5.74) is 0.942. The Morgan fingerprint density at radius 2 is 2.09 bits per heavy atom. The van der Waals surface area contributed by atoms with Gasteiger partial charge in [-0.25, -0.2) is 0 Å². The topological polar surface area (TPSA) is 56.6 Å². The van der Waals surface area contributed by atoms with Gasteiger partial charge in [0.15, 0.2) is 0 Å². The van der Waals surface area contributed by atoms with E-state index in [9.17, 15) is 10.1 Å². The zero-order chi connectivity index (χ0) is 16.7. The lowest BCUT2D eigenvalue weighted by atomic mass is 10.1. The van der Waals surface area contributed by atoms with Gasteiger partial charge < -0.3 is 9.64 Å². The zero-order valence-electron chi connectivity index (χ0n) is 14.0. The molecule has 0 bridgehead atoms. The molecular weight excluding hydrogens is 290 g/mol. The summed E-state index contributed by atoms with van der Waals surface area (Å²) < 4.78 is 5.24. The first-order valence-corrected chi connectivity index (χ1v) is 8.25. The van der Waals surface area contributed by atoms with E-state index in [1.165, 1.54) is 0 Å². The Bertz CT molecular complexity index is 560. The van der Waals surface area contributed by atoms with Crippen molar-refractivity contribution < 1.29 is 9.53 Å². The molecule has 1 amide bonds. The molecule has 0 aromatic heterocycles. The van der Waals surface area contributed by atoms with Crippen molar-refractivity contribution in [1.29, 1.82) is 5.26 Å². The molecule has 23 heavy (non-hydrogen) atoms. The van der Waals surface area contributed by atoms with Crippen LogP contribution in [0.4, 0.5) is 0 Å². The molecule has 0 aliphatic carbocycles. The minimum atomic E-state index is -0.294. The summed E-state index contributed by atoms with van der Waals surface area (Å²) in [5.74, 6) is 0.998. The predicted octanol–water partition coefficient (Wildman–Crippen LogP) is 2.59. The van der Waals surface area contributed by atoms with Gasteiger partial charge in [-0.2, -0.15) is 5.26 Å². The maximum absolute atomic E-state index is 12.1. The van der Waals surface area contributed by atoms with Gasteiger partial charge in [0.1, 0.15) is 11.8 Å². The van der Waals surface area contributed by atoms with Crippen LogP contribution in [0, 0.1) is 11.3 Å². The van der Waals surface area contributed by atoms with Gasteiger partial charge in [0.25, 0.3) is 0 Å². The van der Waals surface area contributed by atoms with Crippen LogP contribution in [0.5, 0.6) is 5.75 Å². The van der Waals surface area contributed by atoms with Crippen molar-refractivity contribution in [2.75, 3.05) is 33.3 Å². The number of benzene rings is 1. The van der Waals surface area contributed by atoms with E-state index in [0.717, 1.165) is 37.2 Å². The highest BCUT2D eigenvalue weighted by atomic mass is 16.5. The number of methoxy groups -OCH3 is 1. The number of nitriles is 1. The number of hydrogen-bond acceptors (Lipinski definition) is 4. The molecule has 1 saturated heterocycles. The van der Waals surface area contributed by atoms with Crippen molar-refractivity contribution in [1.82, 2.24) is 9.80 Å². The molecule has 2 rings (SSSR count). The monoisotopic (exact) mass is 315 g/mol. The molecule has 5 nitrogen and oxygen atoms in total. The normalized spacial score (nSPS) is 16.7. The summed E-state index contributed by atoms with van der Waals surface area (Å²) in [6, 6.07) is 9.74. The number of nitrogens with zero attached hydrogens (tertiary/aromatic N) is 3. The Labute approximate surface area is 138 Å². The molecule has 1 aliphatic rings. The predicted molar refractivity (Wildman–Crippen MR) is 89.0 cm³/mol. The van der Waals surface area contributed by atoms with Crippen LogP contribution < -0.4 is 4.74 Å². The maximum Gasteiger partial charge on any atom is 0.222 e. The lowest BCUT2D eigenvalue weighted by Gasteiger charge is -2.37. The fraction of sp³-hybridized carbons (Fsp3) is 0.556. The van der Waals surface area contributed by atoms with Crippen molar-refractivity contribution >= 4 is 5.91 Å². The standard InChI is InChI=1S/C18H25N3O2/c1-3-4-8-18(22)21-11-9-20(10-12-21)17(14-19)15-6-5-7-16(13-15)23-2/h5-7,13,17H,3-4,8-12H2,1-2H3. The summed E-state index contributed by atoms with van der Waals surface area (Å²) in [4.78, 5) is 16.1. The highest BCUT2D eigenvalue weighted by Crippen LogP contribution is 2.25. The summed E-state index contributed by atoms with van der Waals surface area (Å²) in [5, 5.41) is 9.57. The van der Waals surface area contributed by atoms with Gasteiger partial charge in [0, 0.05) is 32.6 Å². The lowest BCUT2D eigenvalue weighted by molar-refractivity contribution is -0.133. The molecule has 1 aromatic rings. The number of carbonyl (C=O) groups excluding carboxylic acids is 1. The minimum absolute atomic E-state index is 0.237. The Hall–Kier alpha value is -2.06. The molecule has 1 fully saturated rings. The zero-order valence-corrected chi connectivity index (χ0v) is 14.0. The fourth-order valence-electron chi connectivity index (χ4n) is 2.89. The molecule has 1 heterocycles. The van der Waals surface area contributed by atoms with E-state index in [1.807, 2.05) is 29.2 Å². The first-order valence-electron chi connectivity index (χ1n) is 8.25. The molecule has 0 radical (unpaired) electrons. The Morgan fingerprint density at radius 3 is 2.70 bits per heavy atom. The molecular formula is C18H25N3O2. The largest absolute Gasteiger partial charge is 0.497 e. The van der Waals surface area contributed by atoms with Crippen LogP contribution in [0.1, 0.15) is 37.8 Å². The van der Waals surface area contributed by atoms with Crippen LogP contribution in [0.3, 0.4) is 0 Å². The molecule has 1 aromatic carbocycles. The Morgan fingerprint density at radius 1 is 1.35 bits per heavy atom. The Balaban J connectivity index is 1.97. The third-order valence-corrected chi connectivity index (χ3v) is 4.31. The minimum Gasteiger partial charge on any atom is -0.497 e. The average molecular weight is 315 g/mol. The first-order chi connectivity index (χ1) is 11.2. The smallest absolute Gasteiger partial charge is 0.222 e. The number of rotatable bonds is 6. The van der Waals surface area contributed by atoms with Crippen molar-refractivity contribution in [2.24, 2.45) is 0 Å². The number of ether oxygens (including phenoxy) is 1. The van der Waals surface area contributed by atoms with Crippen LogP contribution in [0.15, 0.2) is 24.3 Å². The van der Waals surface area contributed by atoms with E-state index in [2.05, 4.69) is 17.9 Å². The van der Waals surface area contributed by atoms with Gasteiger partial charge in [-0.3, -0.25) is 9.69 Å². The van der Waals surface area contributed by atoms with Gasteiger partial charge in [-0.1, -0.05) is 25.5 Å². The van der Waals surface area contributed by atoms with E-state index < -0.39 is 0 Å². The summed E-state index contributed by atoms with van der Waals surface area (Å²) in [7, 11) is 1.63. The molecule has 0 saturated carbocycles. The van der Waals surface area contributed by atoms with Crippen molar-refractivity contribution in [3.05, 3.63) is 29.8 Å². The number of unbranched alkanes of at least 4 members (excludes halogenated alkanes) is 1. The van der Waals surface area contributed by atoms with Gasteiger partial charge in [0.2, 0.25) is 5.91 Å². The van der Waals surface area contributed by atoms with Gasteiger partial charge >= 0.3 is 0 Å². The summed E-state index contributed by atoms with van der Waals surface area (Å²) in [6.07, 6.45) is 2.62. The molecule has 5 heteroatoms. The lowest BCUT2D eigenvalue weighted by Crippen LogP contribution is -2.49. The second-order valence-corrected chi connectivity index (χ2v) is 5.83. The highest BCUT2D eigenvalue weighted by Gasteiger charge is 2.26. The molecule has 1 unspecified atom stereocenters. The van der Waals surface area contributed by atoms with E-state index >= 15 is 0 Å². The van der Waals surface area contributed by atoms with Crippen molar-refractivity contribution in [2.45, 2.75) is 32.2 Å². The fourth-order valence-corrected chi connectivity index (χ4v) is 2.89. The third kappa shape index (κ3) is 4.46. The van der Waals surface area contributed by atoms with Gasteiger partial charge in [0.05, 0.1) is 13.2 Å². The van der Waals surface area contributed by atoms with Crippen LogP contribution in [0.2, 0.25) is 0 Å². The SMILES string of the molecule is CCCCC(=O)N1CCN(C(C#N)c2cccc(OC)c2)CC1. The molecule has 1 aliphatic heterocycles. The second-order valence-electron chi connectivity index (χ2n) is 5.83. The molecule has 0 spiro atoms. The number of hydrogen-bond donors (Lipinski definition) is 0. The van der Waals surface area contributed by atoms with E-state index in [4.69, 9.17) is 4.74 Å². The molecule has 0 N–H and O–H groups in total. The summed E-state index contributed by atoms with van der Waals surface area (Å²) >= 11 is 0. The number of piperazine rings is 1. The molecule has 1 atom stereocenters. The molecule has 124 valence electrons. The number of carbonyl (C=O) groups is 1. The van der Waals surface area contributed by atoms with Crippen molar-refractivity contribution in [3.8, 4) is 11.8 Å². The van der Waals surface area contributed by atoms with Gasteiger partial charge in [-0.15, -0.1) is 0 Å². The van der Waals surface area contributed by atoms with Crippen LogP contribution in [-0.2, 0) is 4.79 Å². The first kappa shape index (κ1) is 17.3. The van der Waals surface area contributed by atoms with E-state index in [0.29, 0.717) is 19.5 Å². The maximum atomic E-state index is 12.1. The number of amides is 1. The van der Waals surface area contributed by atoms with Crippen LogP contribution in [-0.4, -0.2) is 49.0 Å². The van der Waals surface area contributed by atoms with Crippen LogP contribution >= 0.6 is 0 Å². The summed E-state index contributed by atoms with van der Waals surface area (Å²) in [6.45, 7) is 4.95. The Kier molecular flexibility index (Phi) is 6.42. The highest BCUT2D eigenvalue weighted by molar-refractivity contribution is 5.76. The van der Waals surface area contributed by atoms with Crippen molar-refractivity contribution in [3.63, 3.8) is 0 Å². The van der Waals surface area contributed by atoms with E-state index in [-0.39, 0.29) is 11.9 Å². The van der Waals surface area contributed by atoms with E-state index in [1.54, 1.807) is 7.11 Å². The second kappa shape index (κ2) is 8.54. The quantitative estimate of drug-likeness (QED) is 0.809. The van der Waals surface area contributed by atoms with Crippen LogP contribution in [0.25, 0.3) is 0 Å². The third-order valence-electron chi connectivity index (χ3n) is 4.31.